The fourth-order valence-electron chi connectivity index (χ4n) is 2.21. The fourth-order valence-corrected chi connectivity index (χ4v) is 2.77. The highest BCUT2D eigenvalue weighted by atomic mass is 32.2. The van der Waals surface area contributed by atoms with Crippen LogP contribution < -0.4 is 10.5 Å². The van der Waals surface area contributed by atoms with Gasteiger partial charge in [-0.15, -0.1) is 10.2 Å². The average Bonchev–Trinajstić information content (AvgIpc) is 3.03. The molecule has 0 atom stereocenters. The number of nitrogens with one attached hydrogen (secondary N) is 1. The monoisotopic (exact) mass is 372 g/mol. The van der Waals surface area contributed by atoms with Crippen LogP contribution in [-0.4, -0.2) is 34.5 Å². The average molecular weight is 372 g/mol. The minimum atomic E-state index is -3.84. The number of hydrogen-bond acceptors (Lipinski definition) is 6. The first-order valence-electron chi connectivity index (χ1n) is 7.59. The van der Waals surface area contributed by atoms with Gasteiger partial charge < -0.3 is 5.32 Å². The number of primary sulfonamides is 1. The lowest BCUT2D eigenvalue weighted by Crippen LogP contribution is -2.21. The lowest BCUT2D eigenvalue weighted by atomic mass is 10.1. The van der Waals surface area contributed by atoms with Gasteiger partial charge in [0.15, 0.2) is 0 Å². The van der Waals surface area contributed by atoms with Crippen molar-refractivity contribution >= 4 is 21.6 Å². The maximum atomic E-state index is 12.1. The molecule has 26 heavy (non-hydrogen) atoms. The molecule has 0 bridgehead atoms. The summed E-state index contributed by atoms with van der Waals surface area (Å²) < 4.78 is 22.7. The van der Waals surface area contributed by atoms with Crippen LogP contribution in [-0.2, 0) is 21.4 Å². The van der Waals surface area contributed by atoms with Crippen molar-refractivity contribution in [3.8, 4) is 11.4 Å². The standard InChI is InChI=1S/C16H16N6O3S/c1-11-5-7-12(8-6-11)16-19-21-22(20-16)10-15(23)18-13-3-2-4-14(9-13)26(17,24)25/h2-9H,10H2,1H3,(H,18,23)(H2,17,24,25). The van der Waals surface area contributed by atoms with Crippen LogP contribution in [0.2, 0.25) is 0 Å². The van der Waals surface area contributed by atoms with Crippen molar-refractivity contribution in [1.29, 1.82) is 0 Å². The highest BCUT2D eigenvalue weighted by molar-refractivity contribution is 7.89. The number of sulfonamides is 1. The number of benzene rings is 2. The van der Waals surface area contributed by atoms with Crippen LogP contribution in [0.15, 0.2) is 53.4 Å². The van der Waals surface area contributed by atoms with E-state index in [4.69, 9.17) is 5.14 Å². The van der Waals surface area contributed by atoms with E-state index in [9.17, 15) is 13.2 Å². The van der Waals surface area contributed by atoms with Crippen LogP contribution in [0.4, 0.5) is 5.69 Å². The van der Waals surface area contributed by atoms with E-state index in [2.05, 4.69) is 20.7 Å². The molecule has 3 rings (SSSR count). The Morgan fingerprint density at radius 3 is 2.62 bits per heavy atom. The minimum Gasteiger partial charge on any atom is -0.324 e. The Morgan fingerprint density at radius 2 is 1.92 bits per heavy atom. The zero-order valence-electron chi connectivity index (χ0n) is 13.8. The topological polar surface area (TPSA) is 133 Å². The maximum absolute atomic E-state index is 12.1. The number of nitrogens with zero attached hydrogens (tertiary/aromatic N) is 4. The number of carbonyl (C=O) groups excluding carboxylic acids is 1. The van der Waals surface area contributed by atoms with Crippen molar-refractivity contribution in [2.24, 2.45) is 5.14 Å². The highest BCUT2D eigenvalue weighted by Gasteiger charge is 2.12. The molecule has 0 unspecified atom stereocenters. The summed E-state index contributed by atoms with van der Waals surface area (Å²) in [6, 6.07) is 13.3. The van der Waals surface area contributed by atoms with E-state index in [1.807, 2.05) is 31.2 Å². The molecule has 0 aliphatic carbocycles. The van der Waals surface area contributed by atoms with Crippen molar-refractivity contribution in [1.82, 2.24) is 20.2 Å². The van der Waals surface area contributed by atoms with Crippen LogP contribution in [0, 0.1) is 6.92 Å². The molecule has 0 aliphatic heterocycles. The zero-order valence-corrected chi connectivity index (χ0v) is 14.6. The molecule has 134 valence electrons. The zero-order chi connectivity index (χ0) is 18.7. The van der Waals surface area contributed by atoms with E-state index in [-0.39, 0.29) is 11.4 Å². The number of carbonyl (C=O) groups is 1. The number of aromatic nitrogens is 4. The number of aryl methyl sites for hydroxylation is 1. The summed E-state index contributed by atoms with van der Waals surface area (Å²) in [7, 11) is -3.84. The Balaban J connectivity index is 1.68. The predicted molar refractivity (Wildman–Crippen MR) is 94.4 cm³/mol. The van der Waals surface area contributed by atoms with Gasteiger partial charge in [-0.1, -0.05) is 35.9 Å². The Kier molecular flexibility index (Phi) is 4.78. The van der Waals surface area contributed by atoms with Crippen LogP contribution in [0.1, 0.15) is 5.56 Å². The molecule has 0 saturated heterocycles. The molecular formula is C16H16N6O3S. The van der Waals surface area contributed by atoms with Gasteiger partial charge in [-0.05, 0) is 30.3 Å². The molecule has 0 radical (unpaired) electrons. The van der Waals surface area contributed by atoms with Crippen molar-refractivity contribution in [2.75, 3.05) is 5.32 Å². The second-order valence-corrected chi connectivity index (χ2v) is 7.19. The molecule has 3 N–H and O–H groups in total. The fraction of sp³-hybridized carbons (Fsp3) is 0.125. The smallest absolute Gasteiger partial charge is 0.248 e. The van der Waals surface area contributed by atoms with Gasteiger partial charge >= 0.3 is 0 Å². The second kappa shape index (κ2) is 7.02. The Hall–Kier alpha value is -3.11. The van der Waals surface area contributed by atoms with Crippen LogP contribution in [0.25, 0.3) is 11.4 Å². The van der Waals surface area contributed by atoms with E-state index >= 15 is 0 Å². The number of rotatable bonds is 5. The van der Waals surface area contributed by atoms with Gasteiger partial charge in [0, 0.05) is 11.3 Å². The quantitative estimate of drug-likeness (QED) is 0.685. The Morgan fingerprint density at radius 1 is 1.19 bits per heavy atom. The van der Waals surface area contributed by atoms with Gasteiger partial charge in [-0.25, -0.2) is 13.6 Å². The minimum absolute atomic E-state index is 0.0872. The summed E-state index contributed by atoms with van der Waals surface area (Å²) >= 11 is 0. The number of anilines is 1. The molecule has 0 spiro atoms. The lowest BCUT2D eigenvalue weighted by Gasteiger charge is -2.06. The molecule has 2 aromatic carbocycles. The van der Waals surface area contributed by atoms with E-state index < -0.39 is 15.9 Å². The Bertz CT molecular complexity index is 1040. The van der Waals surface area contributed by atoms with Crippen molar-refractivity contribution < 1.29 is 13.2 Å². The number of hydrogen-bond donors (Lipinski definition) is 2. The third-order valence-electron chi connectivity index (χ3n) is 3.49. The Labute approximate surface area is 149 Å². The molecule has 0 aliphatic rings. The second-order valence-electron chi connectivity index (χ2n) is 5.63. The van der Waals surface area contributed by atoms with E-state index in [0.29, 0.717) is 11.5 Å². The first-order valence-corrected chi connectivity index (χ1v) is 9.13. The SMILES string of the molecule is Cc1ccc(-c2nnn(CC(=O)Nc3cccc(S(N)(=O)=O)c3)n2)cc1. The van der Waals surface area contributed by atoms with Crippen molar-refractivity contribution in [2.45, 2.75) is 18.4 Å². The van der Waals surface area contributed by atoms with E-state index in [0.717, 1.165) is 15.9 Å². The molecule has 1 aromatic heterocycles. The van der Waals surface area contributed by atoms with Gasteiger partial charge in [0.05, 0.1) is 4.90 Å². The molecule has 10 heteroatoms. The van der Waals surface area contributed by atoms with Crippen LogP contribution in [0.5, 0.6) is 0 Å². The molecular weight excluding hydrogens is 356 g/mol. The summed E-state index contributed by atoms with van der Waals surface area (Å²) in [6.45, 7) is 1.81. The van der Waals surface area contributed by atoms with Gasteiger partial charge in [-0.2, -0.15) is 4.80 Å². The van der Waals surface area contributed by atoms with Crippen molar-refractivity contribution in [3.63, 3.8) is 0 Å². The van der Waals surface area contributed by atoms with E-state index in [1.165, 1.54) is 18.2 Å². The van der Waals surface area contributed by atoms with Crippen LogP contribution >= 0.6 is 0 Å². The number of tetrazole rings is 1. The highest BCUT2D eigenvalue weighted by Crippen LogP contribution is 2.15. The van der Waals surface area contributed by atoms with Gasteiger partial charge in [0.1, 0.15) is 6.54 Å². The van der Waals surface area contributed by atoms with Crippen molar-refractivity contribution in [3.05, 3.63) is 54.1 Å². The third kappa shape index (κ3) is 4.29. The first kappa shape index (κ1) is 17.7. The molecule has 0 fully saturated rings. The maximum Gasteiger partial charge on any atom is 0.248 e. The molecule has 0 saturated carbocycles. The molecule has 3 aromatic rings. The summed E-state index contributed by atoms with van der Waals surface area (Å²) in [5.74, 6) is -0.0153. The number of amides is 1. The number of nitrogens with two attached hydrogens (primary N) is 1. The molecule has 1 amide bonds. The van der Waals surface area contributed by atoms with Gasteiger partial charge in [-0.3, -0.25) is 4.79 Å². The first-order chi connectivity index (χ1) is 12.3. The summed E-state index contributed by atoms with van der Waals surface area (Å²) in [5.41, 5.74) is 2.21. The normalized spacial score (nSPS) is 11.3. The summed E-state index contributed by atoms with van der Waals surface area (Å²) in [6.07, 6.45) is 0. The third-order valence-corrected chi connectivity index (χ3v) is 4.40. The summed E-state index contributed by atoms with van der Waals surface area (Å²) in [4.78, 5) is 13.2. The van der Waals surface area contributed by atoms with Crippen LogP contribution in [0.3, 0.4) is 0 Å². The largest absolute Gasteiger partial charge is 0.324 e. The lowest BCUT2D eigenvalue weighted by molar-refractivity contribution is -0.117. The molecule has 9 nitrogen and oxygen atoms in total. The molecule has 1 heterocycles. The van der Waals surface area contributed by atoms with Gasteiger partial charge in [0.2, 0.25) is 21.8 Å². The predicted octanol–water partition coefficient (Wildman–Crippen LogP) is 0.935. The summed E-state index contributed by atoms with van der Waals surface area (Å²) in [5, 5.41) is 19.6. The van der Waals surface area contributed by atoms with E-state index in [1.54, 1.807) is 6.07 Å². The van der Waals surface area contributed by atoms with Gasteiger partial charge in [0.25, 0.3) is 0 Å².